The first-order chi connectivity index (χ1) is 30.3. The molecule has 8 amide bonds. The van der Waals surface area contributed by atoms with Crippen molar-refractivity contribution in [2.24, 2.45) is 23.7 Å². The molecule has 19 heteroatoms. The topological polar surface area (TPSA) is 210 Å². The molecule has 18 nitrogen and oxygen atoms in total. The Bertz CT molecular complexity index is 1580. The summed E-state index contributed by atoms with van der Waals surface area (Å²) < 4.78 is 5.46. The van der Waals surface area contributed by atoms with Gasteiger partial charge in [-0.3, -0.25) is 43.3 Å². The minimum atomic E-state index is -1.10. The molecular formula is C46H85N9O9S. The van der Waals surface area contributed by atoms with Gasteiger partial charge in [0, 0.05) is 54.7 Å². The highest BCUT2D eigenvalue weighted by Crippen LogP contribution is 2.23. The zero-order chi connectivity index (χ0) is 49.9. The van der Waals surface area contributed by atoms with Crippen molar-refractivity contribution in [3.63, 3.8) is 0 Å². The lowest BCUT2D eigenvalue weighted by Gasteiger charge is -2.37. The number of thioether (sulfide) groups is 1. The second-order valence-electron chi connectivity index (χ2n) is 18.9. The molecule has 0 aromatic heterocycles. The largest absolute Gasteiger partial charge is 0.379 e. The van der Waals surface area contributed by atoms with Gasteiger partial charge >= 0.3 is 0 Å². The van der Waals surface area contributed by atoms with E-state index in [-0.39, 0.29) is 42.4 Å². The Morgan fingerprint density at radius 3 is 1.63 bits per heavy atom. The Kier molecular flexibility index (Phi) is 26.3. The van der Waals surface area contributed by atoms with Gasteiger partial charge in [-0.15, -0.1) is 11.8 Å². The average molecular weight is 940 g/mol. The Balaban J connectivity index is 3.25. The van der Waals surface area contributed by atoms with Crippen LogP contribution in [0.5, 0.6) is 0 Å². The fourth-order valence-electron chi connectivity index (χ4n) is 7.72. The molecule has 1 aliphatic heterocycles. The van der Waals surface area contributed by atoms with Crippen molar-refractivity contribution in [2.75, 3.05) is 73.8 Å². The van der Waals surface area contributed by atoms with E-state index in [1.54, 1.807) is 27.9 Å². The zero-order valence-electron chi connectivity index (χ0n) is 42.4. The highest BCUT2D eigenvalue weighted by Gasteiger charge is 2.40. The van der Waals surface area contributed by atoms with Gasteiger partial charge in [-0.2, -0.15) is 0 Å². The number of ether oxygens (including phenoxy) is 1. The monoisotopic (exact) mass is 940 g/mol. The molecule has 374 valence electrons. The Hall–Kier alpha value is -3.97. The van der Waals surface area contributed by atoms with Gasteiger partial charge in [0.05, 0.1) is 13.2 Å². The van der Waals surface area contributed by atoms with Crippen molar-refractivity contribution in [1.82, 2.24) is 45.8 Å². The number of carbonyl (C=O) groups excluding carboxylic acids is 8. The zero-order valence-corrected chi connectivity index (χ0v) is 43.3. The van der Waals surface area contributed by atoms with E-state index in [2.05, 4.69) is 26.2 Å². The van der Waals surface area contributed by atoms with Gasteiger partial charge in [0.1, 0.15) is 36.3 Å². The van der Waals surface area contributed by atoms with E-state index in [1.807, 2.05) is 48.5 Å². The molecule has 0 aromatic rings. The van der Waals surface area contributed by atoms with Crippen LogP contribution in [0.25, 0.3) is 0 Å². The number of nitrogens with one attached hydrogen (secondary N) is 4. The lowest BCUT2D eigenvalue weighted by atomic mass is 9.96. The second-order valence-corrected chi connectivity index (χ2v) is 20.1. The van der Waals surface area contributed by atoms with Gasteiger partial charge in [0.25, 0.3) is 5.91 Å². The smallest absolute Gasteiger partial charge is 0.256 e. The average Bonchev–Trinajstić information content (AvgIpc) is 3.24. The van der Waals surface area contributed by atoms with Gasteiger partial charge in [-0.1, -0.05) is 62.3 Å². The molecule has 1 heterocycles. The van der Waals surface area contributed by atoms with Crippen LogP contribution in [0.15, 0.2) is 0 Å². The summed E-state index contributed by atoms with van der Waals surface area (Å²) in [5.74, 6) is -3.80. The first-order valence-corrected chi connectivity index (χ1v) is 24.5. The number of amides is 8. The standard InChI is InChI=1S/C46H85N9O9S/c1-17-19-36(56)53(15)46(65-25-18-20-55-21-23-64-24-22-55)45(63)54(16)38(31(8)9)42(60)50-37(30(6)7)44(62)52(14)35(27-29(4)5)41(59)48-32(10)39(57)49-33(11)43(61)51(13)34(26-28(2)3)40(58)47-12/h28-35,37-38,46H,17-27H2,1-16H3,(H,47,58)(H,48,59)(H,49,57)(H,50,60)/t32-,33+,34+,35+,37+,38+,46-/m1/s1. The van der Waals surface area contributed by atoms with Crippen LogP contribution in [0.2, 0.25) is 0 Å². The van der Waals surface area contributed by atoms with Crippen LogP contribution in [-0.4, -0.2) is 187 Å². The molecular weight excluding hydrogens is 855 g/mol. The van der Waals surface area contributed by atoms with Crippen molar-refractivity contribution < 1.29 is 43.1 Å². The SMILES string of the molecule is CCCC(=O)N(C)[C@H](SCCCN1CCOCC1)C(=O)N(C)[C@H](C(=O)N[C@H](C(=O)N(C)[C@@H](CC(C)C)C(=O)N[C@H](C)C(=O)N[C@@H](C)C(=O)N(C)[C@@H](CC(C)C)C(=O)NC)C(C)C)C(C)C. The van der Waals surface area contributed by atoms with Gasteiger partial charge < -0.3 is 45.6 Å². The number of morpholine rings is 1. The van der Waals surface area contributed by atoms with E-state index in [0.29, 0.717) is 31.8 Å². The van der Waals surface area contributed by atoms with Gasteiger partial charge in [-0.05, 0) is 75.5 Å². The Labute approximate surface area is 394 Å². The summed E-state index contributed by atoms with van der Waals surface area (Å²) in [6, 6.07) is -5.97. The van der Waals surface area contributed by atoms with E-state index in [4.69, 9.17) is 4.74 Å². The van der Waals surface area contributed by atoms with E-state index < -0.39 is 83.0 Å². The second kappa shape index (κ2) is 28.9. The number of hydrogen-bond donors (Lipinski definition) is 4. The van der Waals surface area contributed by atoms with Crippen molar-refractivity contribution in [3.8, 4) is 0 Å². The van der Waals surface area contributed by atoms with Crippen molar-refractivity contribution in [3.05, 3.63) is 0 Å². The fraction of sp³-hybridized carbons (Fsp3) is 0.826. The number of hydrogen-bond acceptors (Lipinski definition) is 11. The molecule has 0 spiro atoms. The molecule has 7 atom stereocenters. The molecule has 0 saturated carbocycles. The van der Waals surface area contributed by atoms with Crippen LogP contribution in [-0.2, 0) is 43.1 Å². The van der Waals surface area contributed by atoms with Crippen LogP contribution >= 0.6 is 11.8 Å². The maximum atomic E-state index is 14.4. The molecule has 1 aliphatic rings. The molecule has 1 saturated heterocycles. The van der Waals surface area contributed by atoms with E-state index in [0.717, 1.165) is 26.1 Å². The Morgan fingerprint density at radius 2 is 1.14 bits per heavy atom. The van der Waals surface area contributed by atoms with Gasteiger partial charge in [-0.25, -0.2) is 0 Å². The number of likely N-dealkylation sites (N-methyl/N-ethyl adjacent to an activating group) is 5. The maximum absolute atomic E-state index is 14.4. The summed E-state index contributed by atoms with van der Waals surface area (Å²) in [5.41, 5.74) is 0. The third-order valence-electron chi connectivity index (χ3n) is 11.7. The molecule has 0 aliphatic carbocycles. The van der Waals surface area contributed by atoms with Crippen LogP contribution in [0.1, 0.15) is 108 Å². The lowest BCUT2D eigenvalue weighted by Crippen LogP contribution is -2.61. The maximum Gasteiger partial charge on any atom is 0.256 e. The van der Waals surface area contributed by atoms with Gasteiger partial charge in [0.15, 0.2) is 5.37 Å². The quantitative estimate of drug-likeness (QED) is 0.0693. The lowest BCUT2D eigenvalue weighted by molar-refractivity contribution is -0.147. The molecule has 4 N–H and O–H groups in total. The summed E-state index contributed by atoms with van der Waals surface area (Å²) in [7, 11) is 7.66. The summed E-state index contributed by atoms with van der Waals surface area (Å²) in [6.07, 6.45) is 2.35. The molecule has 1 rings (SSSR count). The third-order valence-corrected chi connectivity index (χ3v) is 13.0. The molecule has 0 unspecified atom stereocenters. The number of carbonyl (C=O) groups is 8. The summed E-state index contributed by atoms with van der Waals surface area (Å²) >= 11 is 1.37. The number of rotatable bonds is 27. The minimum absolute atomic E-state index is 0.0537. The highest BCUT2D eigenvalue weighted by atomic mass is 32.2. The predicted molar refractivity (Wildman–Crippen MR) is 255 cm³/mol. The number of nitrogens with zero attached hydrogens (tertiary/aromatic N) is 5. The molecule has 0 radical (unpaired) electrons. The normalized spacial score (nSPS) is 16.4. The summed E-state index contributed by atoms with van der Waals surface area (Å²) in [5, 5.41) is 9.98. The van der Waals surface area contributed by atoms with E-state index in [1.165, 1.54) is 66.4 Å². The molecule has 1 fully saturated rings. The van der Waals surface area contributed by atoms with Crippen LogP contribution in [0.4, 0.5) is 0 Å². The first kappa shape index (κ1) is 59.0. The van der Waals surface area contributed by atoms with E-state index >= 15 is 0 Å². The fourth-order valence-corrected chi connectivity index (χ4v) is 8.89. The third kappa shape index (κ3) is 18.7. The van der Waals surface area contributed by atoms with Gasteiger partial charge in [0.2, 0.25) is 41.4 Å². The van der Waals surface area contributed by atoms with Crippen LogP contribution in [0.3, 0.4) is 0 Å². The minimum Gasteiger partial charge on any atom is -0.379 e. The molecule has 65 heavy (non-hydrogen) atoms. The van der Waals surface area contributed by atoms with Crippen molar-refractivity contribution in [1.29, 1.82) is 0 Å². The summed E-state index contributed by atoms with van der Waals surface area (Å²) in [4.78, 5) is 117. The first-order valence-electron chi connectivity index (χ1n) is 23.4. The molecule has 0 aromatic carbocycles. The van der Waals surface area contributed by atoms with Crippen LogP contribution in [0, 0.1) is 23.7 Å². The predicted octanol–water partition coefficient (Wildman–Crippen LogP) is 2.15. The van der Waals surface area contributed by atoms with Crippen molar-refractivity contribution >= 4 is 59.0 Å². The van der Waals surface area contributed by atoms with Crippen molar-refractivity contribution in [2.45, 2.75) is 150 Å². The Morgan fingerprint density at radius 1 is 0.615 bits per heavy atom. The molecule has 0 bridgehead atoms. The summed E-state index contributed by atoms with van der Waals surface area (Å²) in [6.45, 7) is 23.6. The van der Waals surface area contributed by atoms with E-state index in [9.17, 15) is 38.4 Å². The van der Waals surface area contributed by atoms with Crippen LogP contribution < -0.4 is 21.3 Å². The highest BCUT2D eigenvalue weighted by molar-refractivity contribution is 8.00.